The van der Waals surface area contributed by atoms with E-state index in [1.54, 1.807) is 0 Å². The highest BCUT2D eigenvalue weighted by atomic mass is 15.1. The van der Waals surface area contributed by atoms with Crippen molar-refractivity contribution in [2.24, 2.45) is 7.05 Å². The molecular weight excluding hydrogens is 220 g/mol. The van der Waals surface area contributed by atoms with Crippen LogP contribution in [-0.4, -0.2) is 14.1 Å². The van der Waals surface area contributed by atoms with Gasteiger partial charge in [-0.1, -0.05) is 12.1 Å². The Labute approximate surface area is 109 Å². The number of hydrogen-bond acceptors (Lipinski definition) is 1. The van der Waals surface area contributed by atoms with Crippen molar-refractivity contribution >= 4 is 17.8 Å². The summed E-state index contributed by atoms with van der Waals surface area (Å²) in [7, 11) is 6.15. The first-order valence-electron chi connectivity index (χ1n) is 6.07. The second-order valence-corrected chi connectivity index (χ2v) is 4.56. The lowest BCUT2D eigenvalue weighted by Gasteiger charge is -2.11. The fourth-order valence-electron chi connectivity index (χ4n) is 1.77. The number of pyridine rings is 1. The van der Waals surface area contributed by atoms with Crippen LogP contribution in [0, 0.1) is 0 Å². The molecule has 18 heavy (non-hydrogen) atoms. The SMILES string of the molecule is CN(C)c1ccc(C=Cc2cccc[n+]2C)cc1. The van der Waals surface area contributed by atoms with Gasteiger partial charge in [-0.15, -0.1) is 0 Å². The Balaban J connectivity index is 2.17. The van der Waals surface area contributed by atoms with E-state index in [-0.39, 0.29) is 0 Å². The second-order valence-electron chi connectivity index (χ2n) is 4.56. The quantitative estimate of drug-likeness (QED) is 0.747. The van der Waals surface area contributed by atoms with Crippen LogP contribution in [-0.2, 0) is 7.05 Å². The van der Waals surface area contributed by atoms with Crippen LogP contribution in [0.5, 0.6) is 0 Å². The van der Waals surface area contributed by atoms with E-state index < -0.39 is 0 Å². The van der Waals surface area contributed by atoms with Crippen molar-refractivity contribution in [2.75, 3.05) is 19.0 Å². The third-order valence-electron chi connectivity index (χ3n) is 2.95. The monoisotopic (exact) mass is 239 g/mol. The Morgan fingerprint density at radius 3 is 2.28 bits per heavy atom. The minimum absolute atomic E-state index is 1.19. The molecule has 2 rings (SSSR count). The average Bonchev–Trinajstić information content (AvgIpc) is 2.38. The predicted octanol–water partition coefficient (Wildman–Crippen LogP) is 2.75. The van der Waals surface area contributed by atoms with Crippen molar-refractivity contribution in [1.29, 1.82) is 0 Å². The number of nitrogens with zero attached hydrogens (tertiary/aromatic N) is 2. The third-order valence-corrected chi connectivity index (χ3v) is 2.95. The van der Waals surface area contributed by atoms with Gasteiger partial charge in [0.2, 0.25) is 5.69 Å². The molecule has 0 amide bonds. The minimum atomic E-state index is 1.19. The molecular formula is C16H19N2+. The van der Waals surface area contributed by atoms with Crippen LogP contribution in [0.2, 0.25) is 0 Å². The lowest BCUT2D eigenvalue weighted by atomic mass is 10.1. The van der Waals surface area contributed by atoms with E-state index in [0.29, 0.717) is 0 Å². The number of anilines is 1. The Kier molecular flexibility index (Phi) is 3.78. The summed E-state index contributed by atoms with van der Waals surface area (Å²) >= 11 is 0. The summed E-state index contributed by atoms with van der Waals surface area (Å²) in [6.07, 6.45) is 6.31. The van der Waals surface area contributed by atoms with E-state index >= 15 is 0 Å². The van der Waals surface area contributed by atoms with Gasteiger partial charge in [0.25, 0.3) is 0 Å². The van der Waals surface area contributed by atoms with Gasteiger partial charge in [-0.2, -0.15) is 0 Å². The molecule has 1 aromatic carbocycles. The first-order valence-corrected chi connectivity index (χ1v) is 6.07. The number of hydrogen-bond donors (Lipinski definition) is 0. The van der Waals surface area contributed by atoms with Crippen LogP contribution in [0.3, 0.4) is 0 Å². The van der Waals surface area contributed by atoms with Gasteiger partial charge in [-0.05, 0) is 29.8 Å². The zero-order valence-electron chi connectivity index (χ0n) is 11.2. The van der Waals surface area contributed by atoms with Crippen molar-refractivity contribution in [3.8, 4) is 0 Å². The number of benzene rings is 1. The van der Waals surface area contributed by atoms with E-state index in [4.69, 9.17) is 0 Å². The summed E-state index contributed by atoms with van der Waals surface area (Å²) in [6, 6.07) is 14.7. The van der Waals surface area contributed by atoms with E-state index in [0.717, 1.165) is 0 Å². The van der Waals surface area contributed by atoms with E-state index in [9.17, 15) is 0 Å². The zero-order chi connectivity index (χ0) is 13.0. The highest BCUT2D eigenvalue weighted by molar-refractivity contribution is 5.68. The lowest BCUT2D eigenvalue weighted by molar-refractivity contribution is -0.673. The van der Waals surface area contributed by atoms with Gasteiger partial charge in [0.05, 0.1) is 0 Å². The summed E-state index contributed by atoms with van der Waals surface area (Å²) < 4.78 is 2.10. The van der Waals surface area contributed by atoms with Gasteiger partial charge in [0, 0.05) is 38.0 Å². The molecule has 0 atom stereocenters. The van der Waals surface area contributed by atoms with Gasteiger partial charge in [0.1, 0.15) is 7.05 Å². The Morgan fingerprint density at radius 1 is 0.944 bits per heavy atom. The van der Waals surface area contributed by atoms with Crippen LogP contribution in [0.4, 0.5) is 5.69 Å². The summed E-state index contributed by atoms with van der Waals surface area (Å²) in [4.78, 5) is 2.10. The first-order chi connectivity index (χ1) is 8.66. The van der Waals surface area contributed by atoms with Crippen LogP contribution < -0.4 is 9.47 Å². The maximum absolute atomic E-state index is 2.13. The summed E-state index contributed by atoms with van der Waals surface area (Å²) in [5.74, 6) is 0. The maximum atomic E-state index is 2.13. The van der Waals surface area contributed by atoms with E-state index in [1.807, 2.05) is 6.07 Å². The smallest absolute Gasteiger partial charge is 0.204 e. The fourth-order valence-corrected chi connectivity index (χ4v) is 1.77. The molecule has 0 N–H and O–H groups in total. The number of rotatable bonds is 3. The predicted molar refractivity (Wildman–Crippen MR) is 77.3 cm³/mol. The van der Waals surface area contributed by atoms with Crippen molar-refractivity contribution in [1.82, 2.24) is 0 Å². The van der Waals surface area contributed by atoms with Gasteiger partial charge in [-0.3, -0.25) is 0 Å². The van der Waals surface area contributed by atoms with Gasteiger partial charge in [0.15, 0.2) is 6.20 Å². The van der Waals surface area contributed by atoms with Crippen LogP contribution in [0.1, 0.15) is 11.3 Å². The highest BCUT2D eigenvalue weighted by Gasteiger charge is 1.99. The van der Waals surface area contributed by atoms with Gasteiger partial charge >= 0.3 is 0 Å². The second kappa shape index (κ2) is 5.50. The summed E-state index contributed by atoms with van der Waals surface area (Å²) in [5, 5.41) is 0. The molecule has 0 aliphatic rings. The molecule has 1 aromatic heterocycles. The first kappa shape index (κ1) is 12.4. The number of aromatic nitrogens is 1. The largest absolute Gasteiger partial charge is 0.378 e. The highest BCUT2D eigenvalue weighted by Crippen LogP contribution is 2.13. The van der Waals surface area contributed by atoms with Crippen molar-refractivity contribution in [3.05, 3.63) is 59.9 Å². The third kappa shape index (κ3) is 2.98. The fraction of sp³-hybridized carbons (Fsp3) is 0.188. The molecule has 2 heteroatoms. The molecule has 0 spiro atoms. The molecule has 0 radical (unpaired) electrons. The molecule has 0 bridgehead atoms. The molecule has 2 nitrogen and oxygen atoms in total. The topological polar surface area (TPSA) is 7.12 Å². The molecule has 92 valence electrons. The van der Waals surface area contributed by atoms with Crippen LogP contribution in [0.15, 0.2) is 48.7 Å². The molecule has 2 aromatic rings. The van der Waals surface area contributed by atoms with Crippen LogP contribution in [0.25, 0.3) is 12.2 Å². The Hall–Kier alpha value is -2.09. The molecule has 0 saturated heterocycles. The molecule has 0 saturated carbocycles. The summed E-state index contributed by atoms with van der Waals surface area (Å²) in [5.41, 5.74) is 3.62. The molecule has 0 fully saturated rings. The zero-order valence-corrected chi connectivity index (χ0v) is 11.2. The standard InChI is InChI=1S/C16H19N2/c1-17(2)15-10-7-14(8-11-15)9-12-16-6-4-5-13-18(16)3/h4-13H,1-3H3/q+1. The lowest BCUT2D eigenvalue weighted by Crippen LogP contribution is -2.30. The van der Waals surface area contributed by atoms with Crippen LogP contribution >= 0.6 is 0 Å². The van der Waals surface area contributed by atoms with Crippen molar-refractivity contribution in [2.45, 2.75) is 0 Å². The molecule has 0 unspecified atom stereocenters. The van der Waals surface area contributed by atoms with E-state index in [2.05, 4.69) is 85.4 Å². The Morgan fingerprint density at radius 2 is 1.67 bits per heavy atom. The average molecular weight is 239 g/mol. The minimum Gasteiger partial charge on any atom is -0.378 e. The number of aryl methyl sites for hydroxylation is 1. The normalized spacial score (nSPS) is 10.8. The molecule has 0 aliphatic carbocycles. The molecule has 0 aliphatic heterocycles. The summed E-state index contributed by atoms with van der Waals surface area (Å²) in [6.45, 7) is 0. The van der Waals surface area contributed by atoms with Crippen molar-refractivity contribution in [3.63, 3.8) is 0 Å². The Bertz CT molecular complexity index is 539. The van der Waals surface area contributed by atoms with Gasteiger partial charge < -0.3 is 4.90 Å². The maximum Gasteiger partial charge on any atom is 0.204 e. The van der Waals surface area contributed by atoms with Gasteiger partial charge in [-0.25, -0.2) is 4.57 Å². The molecule has 1 heterocycles. The van der Waals surface area contributed by atoms with E-state index in [1.165, 1.54) is 16.9 Å². The van der Waals surface area contributed by atoms with Crippen molar-refractivity contribution < 1.29 is 4.57 Å².